The highest BCUT2D eigenvalue weighted by atomic mass is 16.4. The number of aliphatic hydroxyl groups excluding tert-OH is 1. The summed E-state index contributed by atoms with van der Waals surface area (Å²) in [6.45, 7) is 17.1. The van der Waals surface area contributed by atoms with Crippen molar-refractivity contribution in [1.29, 1.82) is 0 Å². The highest BCUT2D eigenvalue weighted by molar-refractivity contribution is 5.83. The van der Waals surface area contributed by atoms with Crippen LogP contribution in [0.4, 0.5) is 0 Å². The average Bonchev–Trinajstić information content (AvgIpc) is 3.42. The lowest BCUT2D eigenvalue weighted by molar-refractivity contribution is -0.170. The van der Waals surface area contributed by atoms with Crippen molar-refractivity contribution in [3.63, 3.8) is 0 Å². The van der Waals surface area contributed by atoms with Gasteiger partial charge in [-0.1, -0.05) is 34.6 Å². The third-order valence-electron chi connectivity index (χ3n) is 14.5. The fraction of sp³-hybridized carbons (Fsp3) is 0.950. The lowest BCUT2D eigenvalue weighted by Crippen LogP contribution is -2.59. The molecule has 0 radical (unpaired) electrons. The van der Waals surface area contributed by atoms with Crippen LogP contribution >= 0.6 is 0 Å². The molecule has 1 amide bonds. The normalized spacial score (nSPS) is 35.3. The third-order valence-corrected chi connectivity index (χ3v) is 14.5. The number of fused-ring (bicyclic) bond motifs is 5. The Morgan fingerprint density at radius 2 is 1.55 bits per heavy atom. The smallest absolute Gasteiger partial charge is 0.326 e. The Morgan fingerprint density at radius 3 is 2.20 bits per heavy atom. The van der Waals surface area contributed by atoms with Gasteiger partial charge in [0.2, 0.25) is 5.91 Å². The predicted molar refractivity (Wildman–Crippen MR) is 199 cm³/mol. The van der Waals surface area contributed by atoms with E-state index in [1.165, 1.54) is 62.7 Å². The van der Waals surface area contributed by atoms with Gasteiger partial charge in [-0.15, -0.1) is 0 Å². The van der Waals surface area contributed by atoms with Crippen molar-refractivity contribution in [1.82, 2.24) is 20.9 Å². The topological polar surface area (TPSA) is 140 Å². The minimum absolute atomic E-state index is 0.0845. The van der Waals surface area contributed by atoms with Crippen molar-refractivity contribution < 1.29 is 19.8 Å². The summed E-state index contributed by atoms with van der Waals surface area (Å²) in [4.78, 5) is 26.3. The van der Waals surface area contributed by atoms with E-state index in [1.807, 2.05) is 13.8 Å². The molecular formula is C40H75N5O4. The van der Waals surface area contributed by atoms with Gasteiger partial charge in [-0.05, 0) is 175 Å². The molecule has 4 aliphatic rings. The quantitative estimate of drug-likeness (QED) is 0.0953. The molecule has 7 N–H and O–H groups in total. The molecule has 0 aliphatic heterocycles. The molecule has 0 saturated heterocycles. The average molecular weight is 690 g/mol. The number of aliphatic carboxylic acids is 1. The number of carbonyl (C=O) groups is 2. The fourth-order valence-corrected chi connectivity index (χ4v) is 11.6. The van der Waals surface area contributed by atoms with Gasteiger partial charge in [0.25, 0.3) is 0 Å². The Bertz CT molecular complexity index is 1040. The molecule has 0 aromatic heterocycles. The summed E-state index contributed by atoms with van der Waals surface area (Å²) in [6, 6.07) is -0.171. The van der Waals surface area contributed by atoms with E-state index in [2.05, 4.69) is 36.7 Å². The van der Waals surface area contributed by atoms with Gasteiger partial charge < -0.3 is 36.8 Å². The zero-order chi connectivity index (χ0) is 35.8. The second-order valence-electron chi connectivity index (χ2n) is 17.6. The fourth-order valence-electron chi connectivity index (χ4n) is 11.6. The minimum Gasteiger partial charge on any atom is -0.480 e. The second-order valence-corrected chi connectivity index (χ2v) is 17.6. The first-order valence-corrected chi connectivity index (χ1v) is 20.4. The summed E-state index contributed by atoms with van der Waals surface area (Å²) in [5.41, 5.74) is 5.76. The SMILES string of the molecule is CC(C)[C@H](C(=O)O)N(C)C(=O)CC[C@@H](C)[C@H]1CCC2C3CC[C@@H]4C[C@@H](NCCCNCCCCNCCCN)CC[C@]4(C)C3C[C@H](O)[C@@]21C. The van der Waals surface area contributed by atoms with Crippen LogP contribution in [0, 0.1) is 52.3 Å². The lowest BCUT2D eigenvalue weighted by Gasteiger charge is -2.62. The number of nitrogens with two attached hydrogens (primary N) is 1. The molecule has 0 aromatic rings. The molecule has 11 atom stereocenters. The standard InChI is InChI=1S/C40H75N5O4/c1-27(2)37(38(48)49)45(6)36(47)16-11-28(3)32-14-15-33-31-13-12-29-25-30(17-18-39(29,4)34(31)26-35(46)40(32,33)5)44-24-10-23-43-21-8-7-20-42-22-9-19-41/h27-35,37,42-44,46H,7-26,41H2,1-6H3,(H,48,49)/t28-,29-,30+,31?,32-,33?,34?,35+,37-,39+,40-/m1/s1. The minimum atomic E-state index is -0.939. The summed E-state index contributed by atoms with van der Waals surface area (Å²) in [7, 11) is 1.64. The number of unbranched alkanes of at least 4 members (excludes halogenated alkanes) is 1. The van der Waals surface area contributed by atoms with Crippen LogP contribution in [0.25, 0.3) is 0 Å². The highest BCUT2D eigenvalue weighted by Gasteiger charge is 2.63. The Morgan fingerprint density at radius 1 is 0.878 bits per heavy atom. The van der Waals surface area contributed by atoms with Crippen LogP contribution in [0.1, 0.15) is 125 Å². The van der Waals surface area contributed by atoms with Gasteiger partial charge in [0.1, 0.15) is 6.04 Å². The number of rotatable bonds is 20. The maximum absolute atomic E-state index is 13.1. The van der Waals surface area contributed by atoms with Crippen LogP contribution in [-0.2, 0) is 9.59 Å². The van der Waals surface area contributed by atoms with E-state index in [1.54, 1.807) is 7.05 Å². The number of aliphatic hydroxyl groups is 1. The number of hydrogen-bond acceptors (Lipinski definition) is 7. The Kier molecular flexibility index (Phi) is 15.3. The van der Waals surface area contributed by atoms with Crippen LogP contribution in [0.3, 0.4) is 0 Å². The molecule has 9 heteroatoms. The Balaban J connectivity index is 1.22. The van der Waals surface area contributed by atoms with Gasteiger partial charge in [-0.25, -0.2) is 4.79 Å². The monoisotopic (exact) mass is 690 g/mol. The van der Waals surface area contributed by atoms with E-state index in [-0.39, 0.29) is 23.3 Å². The van der Waals surface area contributed by atoms with Crippen molar-refractivity contribution in [3.8, 4) is 0 Å². The van der Waals surface area contributed by atoms with Gasteiger partial charge in [0, 0.05) is 19.5 Å². The molecule has 3 unspecified atom stereocenters. The molecular weight excluding hydrogens is 614 g/mol. The third kappa shape index (κ3) is 9.40. The van der Waals surface area contributed by atoms with Crippen molar-refractivity contribution in [2.24, 2.45) is 58.0 Å². The molecule has 4 fully saturated rings. The first-order valence-electron chi connectivity index (χ1n) is 20.4. The van der Waals surface area contributed by atoms with Crippen LogP contribution < -0.4 is 21.7 Å². The molecule has 0 spiro atoms. The molecule has 284 valence electrons. The van der Waals surface area contributed by atoms with Crippen LogP contribution in [0.15, 0.2) is 0 Å². The summed E-state index contributed by atoms with van der Waals surface area (Å²) in [5, 5.41) is 32.7. The summed E-state index contributed by atoms with van der Waals surface area (Å²) < 4.78 is 0. The number of nitrogens with one attached hydrogen (secondary N) is 3. The number of carboxylic acid groups (broad SMARTS) is 1. The summed E-state index contributed by atoms with van der Waals surface area (Å²) >= 11 is 0. The molecule has 0 heterocycles. The molecule has 4 saturated carbocycles. The number of carbonyl (C=O) groups excluding carboxylic acids is 1. The highest BCUT2D eigenvalue weighted by Crippen LogP contribution is 2.68. The van der Waals surface area contributed by atoms with E-state index in [0.717, 1.165) is 70.9 Å². The lowest BCUT2D eigenvalue weighted by atomic mass is 9.43. The number of nitrogens with zero attached hydrogens (tertiary/aromatic N) is 1. The number of carboxylic acids is 1. The van der Waals surface area contributed by atoms with Crippen molar-refractivity contribution >= 4 is 11.9 Å². The largest absolute Gasteiger partial charge is 0.480 e. The maximum Gasteiger partial charge on any atom is 0.326 e. The Labute approximate surface area is 299 Å². The molecule has 4 rings (SSSR count). The van der Waals surface area contributed by atoms with E-state index in [4.69, 9.17) is 5.73 Å². The second kappa shape index (κ2) is 18.5. The van der Waals surface area contributed by atoms with Gasteiger partial charge >= 0.3 is 5.97 Å². The Hall–Kier alpha value is -1.26. The summed E-state index contributed by atoms with van der Waals surface area (Å²) in [6.07, 6.45) is 15.2. The predicted octanol–water partition coefficient (Wildman–Crippen LogP) is 5.26. The zero-order valence-corrected chi connectivity index (χ0v) is 32.2. The van der Waals surface area contributed by atoms with Gasteiger partial charge in [0.05, 0.1) is 6.10 Å². The maximum atomic E-state index is 13.1. The van der Waals surface area contributed by atoms with Gasteiger partial charge in [-0.2, -0.15) is 0 Å². The first-order chi connectivity index (χ1) is 23.4. The molecule has 0 bridgehead atoms. The first kappa shape index (κ1) is 40.5. The summed E-state index contributed by atoms with van der Waals surface area (Å²) in [5.74, 6) is 2.15. The van der Waals surface area contributed by atoms with E-state index >= 15 is 0 Å². The van der Waals surface area contributed by atoms with Crippen molar-refractivity contribution in [2.45, 2.75) is 143 Å². The van der Waals surface area contributed by atoms with Crippen LogP contribution in [0.2, 0.25) is 0 Å². The molecule has 4 aliphatic carbocycles. The van der Waals surface area contributed by atoms with E-state index in [0.29, 0.717) is 47.5 Å². The van der Waals surface area contributed by atoms with Crippen LogP contribution in [0.5, 0.6) is 0 Å². The van der Waals surface area contributed by atoms with Gasteiger partial charge in [-0.3, -0.25) is 4.79 Å². The molecule has 9 nitrogen and oxygen atoms in total. The molecule has 49 heavy (non-hydrogen) atoms. The number of amides is 1. The van der Waals surface area contributed by atoms with E-state index in [9.17, 15) is 19.8 Å². The van der Waals surface area contributed by atoms with Gasteiger partial charge in [0.15, 0.2) is 0 Å². The molecule has 0 aromatic carbocycles. The van der Waals surface area contributed by atoms with Crippen molar-refractivity contribution in [2.75, 3.05) is 46.3 Å². The number of likely N-dealkylation sites (N-methyl/N-ethyl adjacent to an activating group) is 1. The number of hydrogen-bond donors (Lipinski definition) is 6. The van der Waals surface area contributed by atoms with Crippen LogP contribution in [-0.4, -0.2) is 91.5 Å². The van der Waals surface area contributed by atoms with Crippen molar-refractivity contribution in [3.05, 3.63) is 0 Å². The zero-order valence-electron chi connectivity index (χ0n) is 32.2. The van der Waals surface area contributed by atoms with E-state index < -0.39 is 12.0 Å².